The van der Waals surface area contributed by atoms with Crippen molar-refractivity contribution in [3.8, 4) is 0 Å². The topological polar surface area (TPSA) is 36.9 Å². The first-order valence-corrected chi connectivity index (χ1v) is 7.65. The summed E-state index contributed by atoms with van der Waals surface area (Å²) in [4.78, 5) is 0. The van der Waals surface area contributed by atoms with Crippen LogP contribution in [0.2, 0.25) is 0 Å². The molecule has 0 aliphatic carbocycles. The second-order valence-corrected chi connectivity index (χ2v) is 6.53. The Kier molecular flexibility index (Phi) is 5.24. The van der Waals surface area contributed by atoms with Crippen LogP contribution in [0, 0.1) is 0 Å². The number of ether oxygens (including phenoxy) is 4. The third-order valence-corrected chi connectivity index (χ3v) is 3.61. The Labute approximate surface area is 122 Å². The Morgan fingerprint density at radius 2 is 1.20 bits per heavy atom. The molecule has 0 spiro atoms. The van der Waals surface area contributed by atoms with Crippen molar-refractivity contribution in [2.75, 3.05) is 13.2 Å². The van der Waals surface area contributed by atoms with Crippen molar-refractivity contribution >= 4 is 0 Å². The maximum absolute atomic E-state index is 5.77. The van der Waals surface area contributed by atoms with Crippen LogP contribution in [0.1, 0.15) is 53.4 Å². The van der Waals surface area contributed by atoms with E-state index in [1.54, 1.807) is 0 Å². The largest absolute Gasteiger partial charge is 0.348 e. The Morgan fingerprint density at radius 3 is 1.50 bits per heavy atom. The van der Waals surface area contributed by atoms with Crippen molar-refractivity contribution in [1.82, 2.24) is 0 Å². The van der Waals surface area contributed by atoms with Gasteiger partial charge in [-0.3, -0.25) is 0 Å². The summed E-state index contributed by atoms with van der Waals surface area (Å²) >= 11 is 0. The van der Waals surface area contributed by atoms with Crippen molar-refractivity contribution in [3.63, 3.8) is 0 Å². The summed E-state index contributed by atoms with van der Waals surface area (Å²) in [7, 11) is 0. The summed E-state index contributed by atoms with van der Waals surface area (Å²) in [6.45, 7) is 9.29. The Hall–Kier alpha value is -0.420. The van der Waals surface area contributed by atoms with Gasteiger partial charge in [0.15, 0.2) is 11.6 Å². The van der Waals surface area contributed by atoms with E-state index in [1.807, 2.05) is 27.7 Å². The Bertz CT molecular complexity index is 303. The van der Waals surface area contributed by atoms with Crippen molar-refractivity contribution in [1.29, 1.82) is 0 Å². The third kappa shape index (κ3) is 5.17. The van der Waals surface area contributed by atoms with E-state index in [9.17, 15) is 0 Å². The first-order valence-electron chi connectivity index (χ1n) is 7.65. The smallest absolute Gasteiger partial charge is 0.163 e. The quantitative estimate of drug-likeness (QED) is 0.700. The molecule has 0 bridgehead atoms. The lowest BCUT2D eigenvalue weighted by Gasteiger charge is -2.16. The minimum Gasteiger partial charge on any atom is -0.348 e. The molecule has 2 fully saturated rings. The molecule has 0 saturated carbocycles. The molecule has 4 nitrogen and oxygen atoms in total. The molecule has 2 rings (SSSR count). The second-order valence-electron chi connectivity index (χ2n) is 6.53. The van der Waals surface area contributed by atoms with Gasteiger partial charge in [0.1, 0.15) is 0 Å². The summed E-state index contributed by atoms with van der Waals surface area (Å²) in [5.41, 5.74) is 0. The van der Waals surface area contributed by atoms with E-state index in [2.05, 4.69) is 12.2 Å². The first kappa shape index (κ1) is 16.0. The van der Waals surface area contributed by atoms with Gasteiger partial charge in [-0.25, -0.2) is 0 Å². The molecule has 116 valence electrons. The van der Waals surface area contributed by atoms with E-state index in [-0.39, 0.29) is 12.2 Å². The van der Waals surface area contributed by atoms with Gasteiger partial charge in [-0.05, 0) is 53.4 Å². The molecular weight excluding hydrogens is 256 g/mol. The molecule has 20 heavy (non-hydrogen) atoms. The number of rotatable bonds is 6. The van der Waals surface area contributed by atoms with Gasteiger partial charge < -0.3 is 18.9 Å². The molecule has 0 amide bonds. The van der Waals surface area contributed by atoms with E-state index >= 15 is 0 Å². The van der Waals surface area contributed by atoms with E-state index in [0.29, 0.717) is 13.2 Å². The molecule has 2 saturated heterocycles. The molecular formula is C16H28O4. The van der Waals surface area contributed by atoms with Gasteiger partial charge in [0.25, 0.3) is 0 Å². The molecule has 2 atom stereocenters. The fourth-order valence-corrected chi connectivity index (χ4v) is 2.61. The van der Waals surface area contributed by atoms with Crippen LogP contribution >= 0.6 is 0 Å². The van der Waals surface area contributed by atoms with Crippen molar-refractivity contribution in [2.45, 2.75) is 77.2 Å². The van der Waals surface area contributed by atoms with E-state index in [1.165, 1.54) is 0 Å². The van der Waals surface area contributed by atoms with Gasteiger partial charge >= 0.3 is 0 Å². The van der Waals surface area contributed by atoms with Crippen LogP contribution in [0.25, 0.3) is 0 Å². The molecule has 0 aromatic rings. The zero-order chi connectivity index (χ0) is 14.6. The third-order valence-electron chi connectivity index (χ3n) is 3.61. The summed E-state index contributed by atoms with van der Waals surface area (Å²) in [6, 6.07) is 0. The monoisotopic (exact) mass is 284 g/mol. The fourth-order valence-electron chi connectivity index (χ4n) is 2.61. The predicted octanol–water partition coefficient (Wildman–Crippen LogP) is 3.41. The lowest BCUT2D eigenvalue weighted by molar-refractivity contribution is -0.139. The van der Waals surface area contributed by atoms with E-state index < -0.39 is 11.6 Å². The Balaban J connectivity index is 1.52. The highest BCUT2D eigenvalue weighted by atomic mass is 16.7. The molecule has 0 radical (unpaired) electrons. The molecule has 2 aliphatic heterocycles. The lowest BCUT2D eigenvalue weighted by Crippen LogP contribution is -2.21. The summed E-state index contributed by atoms with van der Waals surface area (Å²) in [6.07, 6.45) is 9.07. The van der Waals surface area contributed by atoms with Gasteiger partial charge in [-0.15, -0.1) is 0 Å². The van der Waals surface area contributed by atoms with Crippen molar-refractivity contribution < 1.29 is 18.9 Å². The maximum atomic E-state index is 5.77. The molecule has 0 N–H and O–H groups in total. The first-order chi connectivity index (χ1) is 9.36. The molecule has 4 heteroatoms. The van der Waals surface area contributed by atoms with Crippen LogP contribution < -0.4 is 0 Å². The number of allylic oxidation sites excluding steroid dienone is 2. The van der Waals surface area contributed by atoms with Gasteiger partial charge in [-0.2, -0.15) is 0 Å². The highest BCUT2D eigenvalue weighted by molar-refractivity contribution is 4.85. The van der Waals surface area contributed by atoms with Crippen LogP contribution in [0.4, 0.5) is 0 Å². The van der Waals surface area contributed by atoms with Gasteiger partial charge in [-0.1, -0.05) is 12.2 Å². The molecule has 2 heterocycles. The zero-order valence-electron chi connectivity index (χ0n) is 13.2. The minimum atomic E-state index is -0.402. The van der Waals surface area contributed by atoms with Crippen molar-refractivity contribution in [3.05, 3.63) is 12.2 Å². The van der Waals surface area contributed by atoms with Gasteiger partial charge in [0.05, 0.1) is 25.4 Å². The van der Waals surface area contributed by atoms with Crippen LogP contribution in [-0.2, 0) is 18.9 Å². The van der Waals surface area contributed by atoms with Gasteiger partial charge in [0.2, 0.25) is 0 Å². The van der Waals surface area contributed by atoms with Crippen LogP contribution in [0.3, 0.4) is 0 Å². The molecule has 0 aromatic carbocycles. The lowest BCUT2D eigenvalue weighted by atomic mass is 10.1. The molecule has 2 aliphatic rings. The van der Waals surface area contributed by atoms with Crippen LogP contribution in [-0.4, -0.2) is 37.0 Å². The average Bonchev–Trinajstić information content (AvgIpc) is 2.86. The standard InChI is InChI=1S/C16H28O4/c1-15(2)17-11-13(19-15)9-7-5-6-8-10-14-12-18-16(3,4)20-14/h5-6,13-14H,7-12H2,1-4H3/b6-5+/t13-,14-/m0/s1. The average molecular weight is 284 g/mol. The summed E-state index contributed by atoms with van der Waals surface area (Å²) in [5, 5.41) is 0. The summed E-state index contributed by atoms with van der Waals surface area (Å²) in [5.74, 6) is -0.804. The van der Waals surface area contributed by atoms with Crippen LogP contribution in [0.5, 0.6) is 0 Å². The molecule has 0 aromatic heterocycles. The van der Waals surface area contributed by atoms with Crippen molar-refractivity contribution in [2.24, 2.45) is 0 Å². The maximum Gasteiger partial charge on any atom is 0.163 e. The molecule has 0 unspecified atom stereocenters. The second kappa shape index (κ2) is 6.56. The minimum absolute atomic E-state index is 0.238. The zero-order valence-corrected chi connectivity index (χ0v) is 13.2. The van der Waals surface area contributed by atoms with E-state index in [4.69, 9.17) is 18.9 Å². The van der Waals surface area contributed by atoms with Gasteiger partial charge in [0, 0.05) is 0 Å². The highest BCUT2D eigenvalue weighted by Gasteiger charge is 2.32. The summed E-state index contributed by atoms with van der Waals surface area (Å²) < 4.78 is 22.6. The van der Waals surface area contributed by atoms with Crippen LogP contribution in [0.15, 0.2) is 12.2 Å². The Morgan fingerprint density at radius 1 is 0.800 bits per heavy atom. The predicted molar refractivity (Wildman–Crippen MR) is 77.4 cm³/mol. The van der Waals surface area contributed by atoms with E-state index in [0.717, 1.165) is 25.7 Å². The fraction of sp³-hybridized carbons (Fsp3) is 0.875. The number of hydrogen-bond acceptors (Lipinski definition) is 4. The highest BCUT2D eigenvalue weighted by Crippen LogP contribution is 2.26. The SMILES string of the molecule is CC1(C)OC[C@H](CC/C=C/CC[C@H]2COC(C)(C)O2)O1. The number of hydrogen-bond donors (Lipinski definition) is 0. The normalized spacial score (nSPS) is 32.2.